The Morgan fingerprint density at radius 1 is 1.44 bits per heavy atom. The molecule has 0 saturated heterocycles. The summed E-state index contributed by atoms with van der Waals surface area (Å²) in [6.07, 6.45) is -2.00. The molecule has 2 aromatic rings. The van der Waals surface area contributed by atoms with Crippen LogP contribution in [0.5, 0.6) is 0 Å². The van der Waals surface area contributed by atoms with Gasteiger partial charge in [0.25, 0.3) is 11.6 Å². The number of alkyl halides is 3. The maximum atomic E-state index is 12.3. The van der Waals surface area contributed by atoms with Crippen molar-refractivity contribution in [1.82, 2.24) is 25.1 Å². The van der Waals surface area contributed by atoms with Gasteiger partial charge in [0, 0.05) is 24.5 Å². The summed E-state index contributed by atoms with van der Waals surface area (Å²) < 4.78 is 37.7. The van der Waals surface area contributed by atoms with Gasteiger partial charge in [-0.2, -0.15) is 18.2 Å². The molecule has 0 aromatic carbocycles. The van der Waals surface area contributed by atoms with E-state index >= 15 is 0 Å². The second-order valence-electron chi connectivity index (χ2n) is 2.97. The summed E-state index contributed by atoms with van der Waals surface area (Å²) in [7, 11) is 0. The van der Waals surface area contributed by atoms with Gasteiger partial charge < -0.3 is 5.21 Å². The lowest BCUT2D eigenvalue weighted by Crippen LogP contribution is -2.08. The second kappa shape index (κ2) is 3.68. The van der Waals surface area contributed by atoms with Crippen molar-refractivity contribution < 1.29 is 18.4 Å². The topological polar surface area (TPSA) is 75.3 Å². The van der Waals surface area contributed by atoms with E-state index in [0.717, 1.165) is 4.52 Å². The lowest BCUT2D eigenvalue weighted by molar-refractivity contribution is -0.144. The molecule has 2 aromatic heterocycles. The highest BCUT2D eigenvalue weighted by Crippen LogP contribution is 2.26. The molecule has 0 spiro atoms. The first kappa shape index (κ1) is 10.8. The van der Waals surface area contributed by atoms with Gasteiger partial charge >= 0.3 is 6.18 Å². The lowest BCUT2D eigenvalue weighted by atomic mass is 10.3. The molecule has 16 heavy (non-hydrogen) atoms. The van der Waals surface area contributed by atoms with Gasteiger partial charge in [0.05, 0.1) is 0 Å². The fraction of sp³-hybridized carbons (Fsp3) is 0.286. The van der Waals surface area contributed by atoms with Gasteiger partial charge in [-0.1, -0.05) is 0 Å². The third kappa shape index (κ3) is 1.95. The first-order valence-electron chi connectivity index (χ1n) is 4.16. The molecule has 0 radical (unpaired) electrons. The number of hydrogen-bond donors (Lipinski definition) is 2. The smallest absolute Gasteiger partial charge is 0.316 e. The monoisotopic (exact) mass is 233 g/mol. The standard InChI is InChI=1S/C7H6F3N5O/c8-7(9,10)5-13-6-11-1-4(2-12-16)3-15(6)14-5/h1,3,12,16H,2H2. The molecule has 9 heteroatoms. The molecule has 0 atom stereocenters. The van der Waals surface area contributed by atoms with E-state index in [9.17, 15) is 13.2 Å². The molecule has 0 aliphatic heterocycles. The molecule has 0 aliphatic rings. The van der Waals surface area contributed by atoms with Crippen molar-refractivity contribution >= 4 is 5.78 Å². The van der Waals surface area contributed by atoms with E-state index < -0.39 is 12.0 Å². The Bertz CT molecular complexity index is 508. The Balaban J connectivity index is 2.46. The van der Waals surface area contributed by atoms with Crippen molar-refractivity contribution in [3.05, 3.63) is 23.8 Å². The van der Waals surface area contributed by atoms with E-state index in [1.165, 1.54) is 12.4 Å². The van der Waals surface area contributed by atoms with Crippen LogP contribution in [-0.2, 0) is 12.7 Å². The largest absolute Gasteiger partial charge is 0.453 e. The summed E-state index contributed by atoms with van der Waals surface area (Å²) in [6.45, 7) is 0.0597. The van der Waals surface area contributed by atoms with E-state index in [0.29, 0.717) is 5.56 Å². The average Bonchev–Trinajstić information content (AvgIpc) is 2.60. The zero-order valence-corrected chi connectivity index (χ0v) is 7.73. The van der Waals surface area contributed by atoms with Crippen LogP contribution < -0.4 is 5.48 Å². The summed E-state index contributed by atoms with van der Waals surface area (Å²) >= 11 is 0. The highest BCUT2D eigenvalue weighted by Gasteiger charge is 2.36. The minimum atomic E-state index is -4.59. The number of hydrogen-bond acceptors (Lipinski definition) is 5. The third-order valence-electron chi connectivity index (χ3n) is 1.78. The summed E-state index contributed by atoms with van der Waals surface area (Å²) in [5.74, 6) is -1.39. The van der Waals surface area contributed by atoms with Gasteiger partial charge in [-0.3, -0.25) is 0 Å². The molecular weight excluding hydrogens is 227 g/mol. The molecule has 0 aliphatic carbocycles. The van der Waals surface area contributed by atoms with Gasteiger partial charge in [-0.15, -0.1) is 5.10 Å². The average molecular weight is 233 g/mol. The molecule has 2 heterocycles. The third-order valence-corrected chi connectivity index (χ3v) is 1.78. The Morgan fingerprint density at radius 2 is 2.19 bits per heavy atom. The Labute approximate surface area is 86.7 Å². The molecule has 6 nitrogen and oxygen atoms in total. The molecule has 2 N–H and O–H groups in total. The van der Waals surface area contributed by atoms with E-state index in [-0.39, 0.29) is 12.3 Å². The van der Waals surface area contributed by atoms with Crippen molar-refractivity contribution in [3.63, 3.8) is 0 Å². The zero-order chi connectivity index (χ0) is 11.8. The summed E-state index contributed by atoms with van der Waals surface area (Å²) in [4.78, 5) is 6.89. The Kier molecular flexibility index (Phi) is 2.48. The maximum Gasteiger partial charge on any atom is 0.453 e. The van der Waals surface area contributed by atoms with Crippen LogP contribution in [0.1, 0.15) is 11.4 Å². The number of halogens is 3. The summed E-state index contributed by atoms with van der Waals surface area (Å²) in [5, 5.41) is 11.7. The lowest BCUT2D eigenvalue weighted by Gasteiger charge is -1.98. The van der Waals surface area contributed by atoms with Crippen LogP contribution in [0.25, 0.3) is 5.78 Å². The number of rotatable bonds is 2. The highest BCUT2D eigenvalue weighted by molar-refractivity contribution is 5.28. The summed E-state index contributed by atoms with van der Waals surface area (Å²) in [5.41, 5.74) is 2.34. The van der Waals surface area contributed by atoms with Crippen molar-refractivity contribution in [3.8, 4) is 0 Å². The first-order chi connectivity index (χ1) is 7.50. The Hall–Kier alpha value is -1.74. The number of nitrogens with zero attached hydrogens (tertiary/aromatic N) is 4. The van der Waals surface area contributed by atoms with E-state index in [2.05, 4.69) is 15.1 Å². The number of fused-ring (bicyclic) bond motifs is 1. The fourth-order valence-corrected chi connectivity index (χ4v) is 1.12. The van der Waals surface area contributed by atoms with Crippen LogP contribution in [0.15, 0.2) is 12.4 Å². The molecule has 0 bridgehead atoms. The van der Waals surface area contributed by atoms with Gasteiger partial charge in [0.2, 0.25) is 0 Å². The maximum absolute atomic E-state index is 12.3. The molecule has 0 saturated carbocycles. The minimum absolute atomic E-state index is 0.0597. The van der Waals surface area contributed by atoms with Crippen LogP contribution in [0.2, 0.25) is 0 Å². The van der Waals surface area contributed by atoms with Crippen molar-refractivity contribution in [2.24, 2.45) is 0 Å². The molecule has 0 fully saturated rings. The molecule has 0 amide bonds. The SMILES string of the molecule is ONCc1cnc2nc(C(F)(F)F)nn2c1. The molecule has 2 rings (SSSR count). The van der Waals surface area contributed by atoms with Gasteiger partial charge in [0.15, 0.2) is 0 Å². The van der Waals surface area contributed by atoms with Crippen molar-refractivity contribution in [2.45, 2.75) is 12.7 Å². The van der Waals surface area contributed by atoms with Crippen molar-refractivity contribution in [1.29, 1.82) is 0 Å². The number of aromatic nitrogens is 4. The van der Waals surface area contributed by atoms with Crippen LogP contribution in [-0.4, -0.2) is 24.8 Å². The zero-order valence-electron chi connectivity index (χ0n) is 7.73. The number of nitrogens with one attached hydrogen (secondary N) is 1. The predicted octanol–water partition coefficient (Wildman–Crippen LogP) is 0.622. The first-order valence-corrected chi connectivity index (χ1v) is 4.16. The Morgan fingerprint density at radius 3 is 2.81 bits per heavy atom. The van der Waals surface area contributed by atoms with Crippen LogP contribution in [0.3, 0.4) is 0 Å². The van der Waals surface area contributed by atoms with Gasteiger partial charge in [0.1, 0.15) is 0 Å². The van der Waals surface area contributed by atoms with Crippen LogP contribution >= 0.6 is 0 Å². The van der Waals surface area contributed by atoms with Gasteiger partial charge in [-0.25, -0.2) is 15.0 Å². The quantitative estimate of drug-likeness (QED) is 0.744. The summed E-state index contributed by atoms with van der Waals surface area (Å²) in [6, 6.07) is 0. The fourth-order valence-electron chi connectivity index (χ4n) is 1.12. The molecular formula is C7H6F3N5O. The minimum Gasteiger partial charge on any atom is -0.316 e. The molecule has 0 unspecified atom stereocenters. The second-order valence-corrected chi connectivity index (χ2v) is 2.97. The predicted molar refractivity (Wildman–Crippen MR) is 44.4 cm³/mol. The van der Waals surface area contributed by atoms with E-state index in [1.807, 2.05) is 5.48 Å². The van der Waals surface area contributed by atoms with Gasteiger partial charge in [-0.05, 0) is 0 Å². The van der Waals surface area contributed by atoms with Crippen LogP contribution in [0, 0.1) is 0 Å². The normalized spacial score (nSPS) is 12.2. The van der Waals surface area contributed by atoms with E-state index in [1.54, 1.807) is 0 Å². The number of hydroxylamine groups is 1. The molecule has 86 valence electrons. The highest BCUT2D eigenvalue weighted by atomic mass is 19.4. The van der Waals surface area contributed by atoms with Crippen molar-refractivity contribution in [2.75, 3.05) is 0 Å². The van der Waals surface area contributed by atoms with E-state index in [4.69, 9.17) is 5.21 Å². The van der Waals surface area contributed by atoms with Crippen LogP contribution in [0.4, 0.5) is 13.2 Å².